The highest BCUT2D eigenvalue weighted by Gasteiger charge is 2.34. The molecule has 2 rings (SSSR count). The number of alkyl halides is 3. The lowest BCUT2D eigenvalue weighted by atomic mass is 9.94. The maximum absolute atomic E-state index is 12.6. The molecule has 0 aromatic heterocycles. The lowest BCUT2D eigenvalue weighted by molar-refractivity contribution is -0.137. The molecule has 1 aliphatic carbocycles. The van der Waals surface area contributed by atoms with Crippen LogP contribution in [0.4, 0.5) is 13.2 Å². The number of rotatable bonds is 5. The van der Waals surface area contributed by atoms with E-state index in [1.165, 1.54) is 12.1 Å². The molecule has 1 unspecified atom stereocenters. The topological polar surface area (TPSA) is 55.1 Å². The van der Waals surface area contributed by atoms with E-state index < -0.39 is 11.7 Å². The van der Waals surface area contributed by atoms with E-state index >= 15 is 0 Å². The summed E-state index contributed by atoms with van der Waals surface area (Å²) >= 11 is 0. The molecular weight excluding hydrogens is 341 g/mol. The number of nitrogens with two attached hydrogens (primary N) is 1. The normalized spacial score (nSPS) is 17.9. The second-order valence-corrected chi connectivity index (χ2v) is 6.46. The average molecular weight is 365 g/mol. The number of carbonyl (C=O) groups is 1. The number of carbonyl (C=O) groups excluding carboxylic acids is 1. The zero-order valence-electron chi connectivity index (χ0n) is 13.7. The Kier molecular flexibility index (Phi) is 7.10. The van der Waals surface area contributed by atoms with E-state index in [1.807, 2.05) is 6.92 Å². The summed E-state index contributed by atoms with van der Waals surface area (Å²) < 4.78 is 37.7. The minimum Gasteiger partial charge on any atom is -0.349 e. The van der Waals surface area contributed by atoms with Gasteiger partial charge in [-0.3, -0.25) is 4.79 Å². The van der Waals surface area contributed by atoms with Crippen molar-refractivity contribution >= 4 is 18.3 Å². The largest absolute Gasteiger partial charge is 0.416 e. The van der Waals surface area contributed by atoms with Crippen LogP contribution in [0.1, 0.15) is 56.1 Å². The van der Waals surface area contributed by atoms with E-state index in [0.717, 1.165) is 43.4 Å². The van der Waals surface area contributed by atoms with Crippen molar-refractivity contribution < 1.29 is 18.0 Å². The van der Waals surface area contributed by atoms with Crippen LogP contribution in [-0.2, 0) is 11.0 Å². The van der Waals surface area contributed by atoms with Gasteiger partial charge in [-0.25, -0.2) is 0 Å². The van der Waals surface area contributed by atoms with Crippen LogP contribution < -0.4 is 11.1 Å². The highest BCUT2D eigenvalue weighted by molar-refractivity contribution is 5.85. The second-order valence-electron chi connectivity index (χ2n) is 6.46. The van der Waals surface area contributed by atoms with Crippen molar-refractivity contribution in [1.82, 2.24) is 5.32 Å². The number of hydrogen-bond acceptors (Lipinski definition) is 2. The summed E-state index contributed by atoms with van der Waals surface area (Å²) in [7, 11) is 0. The maximum Gasteiger partial charge on any atom is 0.416 e. The van der Waals surface area contributed by atoms with Crippen molar-refractivity contribution in [3.63, 3.8) is 0 Å². The third-order valence-corrected chi connectivity index (χ3v) is 4.65. The Bertz CT molecular complexity index is 540. The van der Waals surface area contributed by atoms with Crippen LogP contribution in [-0.4, -0.2) is 18.0 Å². The quantitative estimate of drug-likeness (QED) is 0.829. The minimum atomic E-state index is -4.34. The summed E-state index contributed by atoms with van der Waals surface area (Å²) in [4.78, 5) is 12.2. The first-order valence-electron chi connectivity index (χ1n) is 7.94. The third-order valence-electron chi connectivity index (χ3n) is 4.65. The van der Waals surface area contributed by atoms with Crippen LogP contribution in [0.3, 0.4) is 0 Å². The summed E-state index contributed by atoms with van der Waals surface area (Å²) in [6.45, 7) is 2.26. The highest BCUT2D eigenvalue weighted by atomic mass is 35.5. The summed E-state index contributed by atoms with van der Waals surface area (Å²) in [5.41, 5.74) is 5.55. The van der Waals surface area contributed by atoms with Crippen LogP contribution in [0.5, 0.6) is 0 Å². The molecule has 1 saturated carbocycles. The Labute approximate surface area is 146 Å². The summed E-state index contributed by atoms with van der Waals surface area (Å²) in [5.74, 6) is -0.238. The molecule has 0 aliphatic heterocycles. The van der Waals surface area contributed by atoms with Crippen molar-refractivity contribution in [2.24, 2.45) is 5.73 Å². The van der Waals surface area contributed by atoms with Gasteiger partial charge in [-0.15, -0.1) is 12.4 Å². The Hall–Kier alpha value is -1.27. The smallest absolute Gasteiger partial charge is 0.349 e. The fourth-order valence-corrected chi connectivity index (χ4v) is 3.18. The molecule has 1 aromatic rings. The zero-order chi connectivity index (χ0) is 17.1. The Morgan fingerprint density at radius 3 is 2.25 bits per heavy atom. The molecular formula is C17H24ClF3N2O. The average Bonchev–Trinajstić information content (AvgIpc) is 2.95. The van der Waals surface area contributed by atoms with Crippen LogP contribution in [0.2, 0.25) is 0 Å². The molecule has 0 saturated heterocycles. The van der Waals surface area contributed by atoms with Gasteiger partial charge in [-0.1, -0.05) is 31.9 Å². The maximum atomic E-state index is 12.6. The van der Waals surface area contributed by atoms with E-state index in [4.69, 9.17) is 5.73 Å². The number of nitrogens with one attached hydrogen (secondary N) is 1. The number of hydrogen-bond donors (Lipinski definition) is 2. The molecule has 1 aromatic carbocycles. The Morgan fingerprint density at radius 1 is 1.25 bits per heavy atom. The molecule has 0 spiro atoms. The molecule has 1 fully saturated rings. The van der Waals surface area contributed by atoms with E-state index in [0.29, 0.717) is 6.54 Å². The fourth-order valence-electron chi connectivity index (χ4n) is 3.18. The molecule has 3 N–H and O–H groups in total. The first-order chi connectivity index (χ1) is 10.8. The molecule has 1 amide bonds. The summed E-state index contributed by atoms with van der Waals surface area (Å²) in [6.07, 6.45) is -0.187. The van der Waals surface area contributed by atoms with Crippen LogP contribution >= 0.6 is 12.4 Å². The molecule has 7 heteroatoms. The number of amides is 1. The van der Waals surface area contributed by atoms with Gasteiger partial charge in [0.1, 0.15) is 0 Å². The van der Waals surface area contributed by atoms with Gasteiger partial charge < -0.3 is 11.1 Å². The minimum absolute atomic E-state index is 0. The zero-order valence-corrected chi connectivity index (χ0v) is 14.5. The van der Waals surface area contributed by atoms with Gasteiger partial charge in [-0.2, -0.15) is 13.2 Å². The van der Waals surface area contributed by atoms with Gasteiger partial charge in [0, 0.05) is 13.0 Å². The monoisotopic (exact) mass is 364 g/mol. The lowest BCUT2D eigenvalue weighted by Crippen LogP contribution is -2.51. The molecule has 3 nitrogen and oxygen atoms in total. The van der Waals surface area contributed by atoms with Gasteiger partial charge in [0.25, 0.3) is 0 Å². The van der Waals surface area contributed by atoms with Crippen molar-refractivity contribution in [2.75, 3.05) is 6.54 Å². The van der Waals surface area contributed by atoms with Crippen LogP contribution in [0, 0.1) is 0 Å². The van der Waals surface area contributed by atoms with Gasteiger partial charge in [0.2, 0.25) is 5.91 Å². The molecule has 0 heterocycles. The van der Waals surface area contributed by atoms with Gasteiger partial charge >= 0.3 is 6.18 Å². The Balaban J connectivity index is 0.00000288. The second kappa shape index (κ2) is 8.21. The fraction of sp³-hybridized carbons (Fsp3) is 0.588. The highest BCUT2D eigenvalue weighted by Crippen LogP contribution is 2.31. The Morgan fingerprint density at radius 2 is 1.79 bits per heavy atom. The van der Waals surface area contributed by atoms with Crippen molar-refractivity contribution in [2.45, 2.75) is 56.7 Å². The van der Waals surface area contributed by atoms with Crippen molar-refractivity contribution in [3.8, 4) is 0 Å². The van der Waals surface area contributed by atoms with Gasteiger partial charge in [-0.05, 0) is 36.5 Å². The SMILES string of the molecule is CC(CC(=O)NC1(CN)CCCC1)c1ccc(C(F)(F)F)cc1.Cl. The number of halogens is 4. The van der Waals surface area contributed by atoms with E-state index in [1.54, 1.807) is 0 Å². The third kappa shape index (κ3) is 5.11. The molecule has 1 aliphatic rings. The predicted molar refractivity (Wildman–Crippen MR) is 90.1 cm³/mol. The summed E-state index contributed by atoms with van der Waals surface area (Å²) in [6, 6.07) is 4.99. The molecule has 136 valence electrons. The van der Waals surface area contributed by atoms with Crippen LogP contribution in [0.25, 0.3) is 0 Å². The standard InChI is InChI=1S/C17H23F3N2O.ClH/c1-12(13-4-6-14(7-5-13)17(18,19)20)10-15(23)22-16(11-21)8-2-3-9-16;/h4-7,12H,2-3,8-11,21H2,1H3,(H,22,23);1H. The lowest BCUT2D eigenvalue weighted by Gasteiger charge is -2.29. The van der Waals surface area contributed by atoms with E-state index in [-0.39, 0.29) is 36.2 Å². The van der Waals surface area contributed by atoms with Crippen molar-refractivity contribution in [3.05, 3.63) is 35.4 Å². The summed E-state index contributed by atoms with van der Waals surface area (Å²) in [5, 5.41) is 3.03. The van der Waals surface area contributed by atoms with Gasteiger partial charge in [0.15, 0.2) is 0 Å². The predicted octanol–water partition coefficient (Wildman–Crippen LogP) is 4.01. The first-order valence-corrected chi connectivity index (χ1v) is 7.94. The van der Waals surface area contributed by atoms with Crippen LogP contribution in [0.15, 0.2) is 24.3 Å². The van der Waals surface area contributed by atoms with E-state index in [9.17, 15) is 18.0 Å². The van der Waals surface area contributed by atoms with E-state index in [2.05, 4.69) is 5.32 Å². The molecule has 24 heavy (non-hydrogen) atoms. The van der Waals surface area contributed by atoms with Crippen molar-refractivity contribution in [1.29, 1.82) is 0 Å². The number of benzene rings is 1. The molecule has 0 radical (unpaired) electrons. The van der Waals surface area contributed by atoms with Gasteiger partial charge in [0.05, 0.1) is 11.1 Å². The first kappa shape index (κ1) is 20.8. The molecule has 0 bridgehead atoms. The molecule has 1 atom stereocenters.